The first-order chi connectivity index (χ1) is 16.7. The van der Waals surface area contributed by atoms with E-state index in [-0.39, 0.29) is 0 Å². The molecule has 0 atom stereocenters. The number of unbranched alkanes of at least 4 members (excludes halogenated alkanes) is 1. The van der Waals surface area contributed by atoms with E-state index in [0.29, 0.717) is 22.9 Å². The minimum absolute atomic E-state index is 0.397. The summed E-state index contributed by atoms with van der Waals surface area (Å²) < 4.78 is 5.93. The maximum Gasteiger partial charge on any atom is 0.0608 e. The molecule has 35 heavy (non-hydrogen) atoms. The first-order valence-corrected chi connectivity index (χ1v) is 14.7. The van der Waals surface area contributed by atoms with E-state index >= 15 is 0 Å². The summed E-state index contributed by atoms with van der Waals surface area (Å²) >= 11 is 0. The second-order valence-electron chi connectivity index (χ2n) is 13.2. The van der Waals surface area contributed by atoms with Gasteiger partial charge in [-0.05, 0) is 92.5 Å². The van der Waals surface area contributed by atoms with Crippen molar-refractivity contribution in [3.8, 4) is 0 Å². The molecule has 0 aromatic heterocycles. The van der Waals surface area contributed by atoms with Crippen molar-refractivity contribution in [1.82, 2.24) is 4.90 Å². The van der Waals surface area contributed by atoms with E-state index in [2.05, 4.69) is 74.4 Å². The number of piperazine rings is 1. The third kappa shape index (κ3) is 6.95. The fourth-order valence-electron chi connectivity index (χ4n) is 7.53. The smallest absolute Gasteiger partial charge is 0.0608 e. The second-order valence-corrected chi connectivity index (χ2v) is 13.2. The quantitative estimate of drug-likeness (QED) is 0.399. The third-order valence-electron chi connectivity index (χ3n) is 8.76. The van der Waals surface area contributed by atoms with Gasteiger partial charge in [0.25, 0.3) is 0 Å². The molecule has 0 amide bonds. The predicted octanol–water partition coefficient (Wildman–Crippen LogP) is 6.93. The summed E-state index contributed by atoms with van der Waals surface area (Å²) in [7, 11) is 0. The fourth-order valence-corrected chi connectivity index (χ4v) is 7.53. The van der Waals surface area contributed by atoms with Crippen molar-refractivity contribution in [2.45, 2.75) is 98.5 Å². The van der Waals surface area contributed by atoms with Gasteiger partial charge in [-0.2, -0.15) is 0 Å². The van der Waals surface area contributed by atoms with Crippen LogP contribution in [-0.2, 0) is 4.74 Å². The molecule has 3 fully saturated rings. The van der Waals surface area contributed by atoms with Crippen molar-refractivity contribution in [2.24, 2.45) is 10.8 Å². The van der Waals surface area contributed by atoms with Gasteiger partial charge in [0, 0.05) is 57.3 Å². The van der Waals surface area contributed by atoms with Crippen LogP contribution in [0.2, 0.25) is 0 Å². The highest BCUT2D eigenvalue weighted by Gasteiger charge is 2.40. The van der Waals surface area contributed by atoms with E-state index in [1.807, 2.05) is 0 Å². The van der Waals surface area contributed by atoms with Crippen LogP contribution in [0.1, 0.15) is 98.0 Å². The van der Waals surface area contributed by atoms with Gasteiger partial charge in [-0.25, -0.2) is 0 Å². The zero-order valence-electron chi connectivity index (χ0n) is 23.7. The van der Waals surface area contributed by atoms with E-state index in [0.717, 1.165) is 45.6 Å². The Morgan fingerprint density at radius 3 is 2.11 bits per heavy atom. The molecule has 1 aromatic rings. The van der Waals surface area contributed by atoms with Gasteiger partial charge < -0.3 is 14.5 Å². The molecular weight excluding hydrogens is 430 g/mol. The molecule has 1 saturated carbocycles. The molecule has 198 valence electrons. The Bertz CT molecular complexity index is 787. The van der Waals surface area contributed by atoms with E-state index in [1.165, 1.54) is 63.1 Å². The number of benzene rings is 1. The van der Waals surface area contributed by atoms with E-state index in [1.54, 1.807) is 5.56 Å². The Labute approximate surface area is 216 Å². The lowest BCUT2D eigenvalue weighted by atomic mass is 9.60. The van der Waals surface area contributed by atoms with Crippen molar-refractivity contribution in [3.05, 3.63) is 23.8 Å². The molecule has 1 aromatic carbocycles. The molecule has 1 aliphatic carbocycles. The molecule has 4 heteroatoms. The van der Waals surface area contributed by atoms with Gasteiger partial charge in [-0.3, -0.25) is 4.90 Å². The molecule has 4 rings (SSSR count). The second kappa shape index (κ2) is 11.4. The van der Waals surface area contributed by atoms with Crippen LogP contribution in [-0.4, -0.2) is 63.4 Å². The van der Waals surface area contributed by atoms with Gasteiger partial charge in [-0.1, -0.05) is 41.0 Å². The average molecular weight is 484 g/mol. The first kappa shape index (κ1) is 26.8. The van der Waals surface area contributed by atoms with Gasteiger partial charge in [0.05, 0.1) is 6.10 Å². The van der Waals surface area contributed by atoms with Crippen LogP contribution >= 0.6 is 0 Å². The predicted molar refractivity (Wildman–Crippen MR) is 151 cm³/mol. The Balaban J connectivity index is 1.57. The van der Waals surface area contributed by atoms with Crippen molar-refractivity contribution in [3.63, 3.8) is 0 Å². The summed E-state index contributed by atoms with van der Waals surface area (Å²) in [5.74, 6) is 0.641. The lowest BCUT2D eigenvalue weighted by molar-refractivity contribution is 0.0459. The van der Waals surface area contributed by atoms with Gasteiger partial charge >= 0.3 is 0 Å². The van der Waals surface area contributed by atoms with Crippen LogP contribution < -0.4 is 9.80 Å². The highest BCUT2D eigenvalue weighted by Crippen LogP contribution is 2.53. The summed E-state index contributed by atoms with van der Waals surface area (Å²) in [4.78, 5) is 7.99. The number of anilines is 2. The topological polar surface area (TPSA) is 19.0 Å². The number of ether oxygens (including phenoxy) is 1. The SMILES string of the molecule is CCCCN1CCN(c2ccc(N3CCC(OCC)CC3)cc2C2CC(C)(C)CC(C)(C)C2)CC1. The number of nitrogens with zero attached hydrogens (tertiary/aromatic N) is 3. The molecule has 3 aliphatic rings. The Kier molecular flexibility index (Phi) is 8.74. The zero-order valence-corrected chi connectivity index (χ0v) is 23.7. The first-order valence-electron chi connectivity index (χ1n) is 14.7. The molecule has 2 saturated heterocycles. The van der Waals surface area contributed by atoms with E-state index in [9.17, 15) is 0 Å². The van der Waals surface area contributed by atoms with Gasteiger partial charge in [0.2, 0.25) is 0 Å². The Hall–Kier alpha value is -1.26. The average Bonchev–Trinajstić information content (AvgIpc) is 2.81. The molecule has 4 nitrogen and oxygen atoms in total. The van der Waals surface area contributed by atoms with Crippen LogP contribution in [0, 0.1) is 10.8 Å². The molecule has 0 bridgehead atoms. The van der Waals surface area contributed by atoms with Crippen LogP contribution in [0.5, 0.6) is 0 Å². The molecule has 2 aliphatic heterocycles. The van der Waals surface area contributed by atoms with Crippen LogP contribution in [0.15, 0.2) is 18.2 Å². The largest absolute Gasteiger partial charge is 0.378 e. The number of rotatable bonds is 8. The van der Waals surface area contributed by atoms with Crippen LogP contribution in [0.4, 0.5) is 11.4 Å². The summed E-state index contributed by atoms with van der Waals surface area (Å²) in [6, 6.07) is 7.50. The van der Waals surface area contributed by atoms with E-state index in [4.69, 9.17) is 4.74 Å². The Morgan fingerprint density at radius 1 is 0.857 bits per heavy atom. The van der Waals surface area contributed by atoms with Crippen molar-refractivity contribution >= 4 is 11.4 Å². The van der Waals surface area contributed by atoms with E-state index < -0.39 is 0 Å². The minimum atomic E-state index is 0.397. The monoisotopic (exact) mass is 483 g/mol. The summed E-state index contributed by atoms with van der Waals surface area (Å²) in [5.41, 5.74) is 5.37. The van der Waals surface area contributed by atoms with Gasteiger partial charge in [0.15, 0.2) is 0 Å². The molecule has 0 spiro atoms. The van der Waals surface area contributed by atoms with Gasteiger partial charge in [0.1, 0.15) is 0 Å². The molecule has 2 heterocycles. The standard InChI is InChI=1S/C31H53N3O/c1-7-9-14-32-17-19-34(20-18-32)29-11-10-26(33-15-12-27(13-16-33)35-8-2)21-28(29)25-22-30(3,4)24-31(5,6)23-25/h10-11,21,25,27H,7-9,12-20,22-24H2,1-6H3. The van der Waals surface area contributed by atoms with Gasteiger partial charge in [-0.15, -0.1) is 0 Å². The summed E-state index contributed by atoms with van der Waals surface area (Å²) in [5, 5.41) is 0. The third-order valence-corrected chi connectivity index (χ3v) is 8.76. The molecule has 0 unspecified atom stereocenters. The number of hydrogen-bond donors (Lipinski definition) is 0. The van der Waals surface area contributed by atoms with Crippen LogP contribution in [0.3, 0.4) is 0 Å². The van der Waals surface area contributed by atoms with Crippen molar-refractivity contribution in [2.75, 3.05) is 62.2 Å². The highest BCUT2D eigenvalue weighted by atomic mass is 16.5. The van der Waals surface area contributed by atoms with Crippen molar-refractivity contribution in [1.29, 1.82) is 0 Å². The molecular formula is C31H53N3O. The number of piperidine rings is 1. The lowest BCUT2D eigenvalue weighted by Crippen LogP contribution is -2.47. The Morgan fingerprint density at radius 2 is 1.51 bits per heavy atom. The minimum Gasteiger partial charge on any atom is -0.378 e. The van der Waals surface area contributed by atoms with Crippen molar-refractivity contribution < 1.29 is 4.74 Å². The summed E-state index contributed by atoms with van der Waals surface area (Å²) in [6.07, 6.45) is 9.28. The van der Waals surface area contributed by atoms with Crippen LogP contribution in [0.25, 0.3) is 0 Å². The highest BCUT2D eigenvalue weighted by molar-refractivity contribution is 5.64. The number of hydrogen-bond acceptors (Lipinski definition) is 4. The maximum atomic E-state index is 5.93. The lowest BCUT2D eigenvalue weighted by Gasteiger charge is -2.46. The molecule has 0 N–H and O–H groups in total. The fraction of sp³-hybridized carbons (Fsp3) is 0.806. The maximum absolute atomic E-state index is 5.93. The normalized spacial score (nSPS) is 24.2. The zero-order chi connectivity index (χ0) is 25.1. The molecule has 0 radical (unpaired) electrons. The summed E-state index contributed by atoms with van der Waals surface area (Å²) in [6.45, 7) is 23.5.